The molecule has 3 rings (SSSR count). The van der Waals surface area contributed by atoms with Crippen LogP contribution in [-0.4, -0.2) is 24.1 Å². The van der Waals surface area contributed by atoms with Gasteiger partial charge in [-0.2, -0.15) is 0 Å². The highest BCUT2D eigenvalue weighted by Crippen LogP contribution is 2.30. The SMILES string of the molecule is NC(=O)c1cc(-c2ccc(F)cc2)c(OCCOc2ccccc2F)cn1. The first-order valence-electron chi connectivity index (χ1n) is 8.10. The van der Waals surface area contributed by atoms with Gasteiger partial charge < -0.3 is 15.2 Å². The number of primary amides is 1. The molecule has 138 valence electrons. The van der Waals surface area contributed by atoms with Gasteiger partial charge in [-0.15, -0.1) is 0 Å². The first kappa shape index (κ1) is 18.3. The monoisotopic (exact) mass is 370 g/mol. The molecule has 1 amide bonds. The van der Waals surface area contributed by atoms with Gasteiger partial charge in [-0.25, -0.2) is 13.8 Å². The number of para-hydroxylation sites is 1. The van der Waals surface area contributed by atoms with Gasteiger partial charge in [0.1, 0.15) is 30.5 Å². The van der Waals surface area contributed by atoms with Gasteiger partial charge >= 0.3 is 0 Å². The van der Waals surface area contributed by atoms with Crippen LogP contribution in [0.4, 0.5) is 8.78 Å². The number of nitrogens with zero attached hydrogens (tertiary/aromatic N) is 1. The van der Waals surface area contributed by atoms with E-state index in [9.17, 15) is 13.6 Å². The summed E-state index contributed by atoms with van der Waals surface area (Å²) in [6, 6.07) is 13.2. The van der Waals surface area contributed by atoms with E-state index in [0.717, 1.165) is 0 Å². The molecule has 0 aliphatic carbocycles. The average Bonchev–Trinajstić information content (AvgIpc) is 2.67. The Hall–Kier alpha value is -3.48. The van der Waals surface area contributed by atoms with Crippen LogP contribution in [0.2, 0.25) is 0 Å². The molecule has 2 N–H and O–H groups in total. The number of amides is 1. The van der Waals surface area contributed by atoms with Gasteiger partial charge in [0.25, 0.3) is 5.91 Å². The summed E-state index contributed by atoms with van der Waals surface area (Å²) in [5.74, 6) is -1.04. The Labute approximate surface area is 154 Å². The molecule has 0 unspecified atom stereocenters. The van der Waals surface area contributed by atoms with Crippen LogP contribution in [0.15, 0.2) is 60.8 Å². The molecule has 0 aliphatic heterocycles. The summed E-state index contributed by atoms with van der Waals surface area (Å²) in [5, 5.41) is 0. The smallest absolute Gasteiger partial charge is 0.267 e. The topological polar surface area (TPSA) is 74.4 Å². The summed E-state index contributed by atoms with van der Waals surface area (Å²) in [6.45, 7) is 0.210. The third-order valence-corrected chi connectivity index (χ3v) is 3.71. The summed E-state index contributed by atoms with van der Waals surface area (Å²) in [7, 11) is 0. The largest absolute Gasteiger partial charge is 0.488 e. The molecule has 1 heterocycles. The molecule has 0 fully saturated rings. The fraction of sp³-hybridized carbons (Fsp3) is 0.100. The predicted molar refractivity (Wildman–Crippen MR) is 95.5 cm³/mol. The van der Waals surface area contributed by atoms with E-state index < -0.39 is 11.7 Å². The number of halogens is 2. The molecular formula is C20H16F2N2O3. The maximum atomic E-state index is 13.5. The van der Waals surface area contributed by atoms with Crippen molar-refractivity contribution in [3.8, 4) is 22.6 Å². The molecule has 0 saturated carbocycles. The van der Waals surface area contributed by atoms with E-state index >= 15 is 0 Å². The Morgan fingerprint density at radius 3 is 2.30 bits per heavy atom. The molecule has 5 nitrogen and oxygen atoms in total. The summed E-state index contributed by atoms with van der Waals surface area (Å²) < 4.78 is 37.7. The number of ether oxygens (including phenoxy) is 2. The summed E-state index contributed by atoms with van der Waals surface area (Å²) in [4.78, 5) is 15.4. The maximum Gasteiger partial charge on any atom is 0.267 e. The zero-order chi connectivity index (χ0) is 19.2. The molecule has 3 aromatic rings. The van der Waals surface area contributed by atoms with Crippen molar-refractivity contribution in [3.63, 3.8) is 0 Å². The lowest BCUT2D eigenvalue weighted by Gasteiger charge is -2.13. The third kappa shape index (κ3) is 4.58. The molecule has 2 aromatic carbocycles. The number of pyridine rings is 1. The molecule has 0 spiro atoms. The van der Waals surface area contributed by atoms with E-state index in [1.807, 2.05) is 0 Å². The van der Waals surface area contributed by atoms with Crippen molar-refractivity contribution in [1.82, 2.24) is 4.98 Å². The van der Waals surface area contributed by atoms with Crippen LogP contribution < -0.4 is 15.2 Å². The average molecular weight is 370 g/mol. The highest BCUT2D eigenvalue weighted by molar-refractivity contribution is 5.92. The van der Waals surface area contributed by atoms with E-state index in [0.29, 0.717) is 16.9 Å². The van der Waals surface area contributed by atoms with Gasteiger partial charge in [-0.1, -0.05) is 24.3 Å². The van der Waals surface area contributed by atoms with E-state index in [-0.39, 0.29) is 30.5 Å². The molecule has 0 saturated heterocycles. The number of carbonyl (C=O) groups excluding carboxylic acids is 1. The van der Waals surface area contributed by atoms with E-state index in [4.69, 9.17) is 15.2 Å². The van der Waals surface area contributed by atoms with E-state index in [1.165, 1.54) is 36.5 Å². The molecule has 0 radical (unpaired) electrons. The quantitative estimate of drug-likeness (QED) is 0.645. The minimum Gasteiger partial charge on any atom is -0.488 e. The van der Waals surface area contributed by atoms with Crippen LogP contribution in [0, 0.1) is 11.6 Å². The van der Waals surface area contributed by atoms with Gasteiger partial charge in [-0.05, 0) is 35.9 Å². The van der Waals surface area contributed by atoms with Gasteiger partial charge in [0.15, 0.2) is 11.6 Å². The van der Waals surface area contributed by atoms with E-state index in [1.54, 1.807) is 24.3 Å². The molecule has 0 atom stereocenters. The zero-order valence-corrected chi connectivity index (χ0v) is 14.2. The van der Waals surface area contributed by atoms with Crippen molar-refractivity contribution in [2.24, 2.45) is 5.73 Å². The second-order valence-electron chi connectivity index (χ2n) is 5.56. The maximum absolute atomic E-state index is 13.5. The van der Waals surface area contributed by atoms with Crippen molar-refractivity contribution in [2.75, 3.05) is 13.2 Å². The molecule has 1 aromatic heterocycles. The standard InChI is InChI=1S/C20H16F2N2O3/c21-14-7-5-13(6-8-14)15-11-17(20(23)25)24-12-19(15)27-10-9-26-18-4-2-1-3-16(18)22/h1-8,11-12H,9-10H2,(H2,23,25). The van der Waals surface area contributed by atoms with Crippen molar-refractivity contribution in [3.05, 3.63) is 78.1 Å². The highest BCUT2D eigenvalue weighted by atomic mass is 19.1. The Morgan fingerprint density at radius 2 is 1.63 bits per heavy atom. The number of aromatic nitrogens is 1. The fourth-order valence-electron chi connectivity index (χ4n) is 2.41. The van der Waals surface area contributed by atoms with Crippen molar-refractivity contribution >= 4 is 5.91 Å². The molecule has 0 bridgehead atoms. The number of hydrogen-bond donors (Lipinski definition) is 1. The number of rotatable bonds is 7. The van der Waals surface area contributed by atoms with Crippen LogP contribution in [0.3, 0.4) is 0 Å². The van der Waals surface area contributed by atoms with Crippen LogP contribution in [-0.2, 0) is 0 Å². The van der Waals surface area contributed by atoms with Gasteiger partial charge in [0.2, 0.25) is 0 Å². The lowest BCUT2D eigenvalue weighted by atomic mass is 10.0. The molecular weight excluding hydrogens is 354 g/mol. The number of nitrogens with two attached hydrogens (primary N) is 1. The van der Waals surface area contributed by atoms with Gasteiger partial charge in [-0.3, -0.25) is 4.79 Å². The summed E-state index contributed by atoms with van der Waals surface area (Å²) >= 11 is 0. The summed E-state index contributed by atoms with van der Waals surface area (Å²) in [6.07, 6.45) is 1.36. The van der Waals surface area contributed by atoms with Crippen LogP contribution in [0.1, 0.15) is 10.5 Å². The van der Waals surface area contributed by atoms with Crippen LogP contribution in [0.25, 0.3) is 11.1 Å². The normalized spacial score (nSPS) is 10.4. The van der Waals surface area contributed by atoms with Crippen LogP contribution in [0.5, 0.6) is 11.5 Å². The van der Waals surface area contributed by atoms with Gasteiger partial charge in [0, 0.05) is 5.56 Å². The minimum atomic E-state index is -0.687. The fourth-order valence-corrected chi connectivity index (χ4v) is 2.41. The number of carbonyl (C=O) groups is 1. The first-order chi connectivity index (χ1) is 13.0. The predicted octanol–water partition coefficient (Wildman–Crippen LogP) is 3.58. The Morgan fingerprint density at radius 1 is 0.963 bits per heavy atom. The zero-order valence-electron chi connectivity index (χ0n) is 14.2. The first-order valence-corrected chi connectivity index (χ1v) is 8.10. The second kappa shape index (κ2) is 8.27. The second-order valence-corrected chi connectivity index (χ2v) is 5.56. The Kier molecular flexibility index (Phi) is 5.61. The lowest BCUT2D eigenvalue weighted by Crippen LogP contribution is -2.14. The third-order valence-electron chi connectivity index (χ3n) is 3.71. The van der Waals surface area contributed by atoms with E-state index in [2.05, 4.69) is 4.98 Å². The minimum absolute atomic E-state index is 0.0595. The molecule has 0 aliphatic rings. The van der Waals surface area contributed by atoms with Crippen molar-refractivity contribution < 1.29 is 23.0 Å². The Balaban J connectivity index is 1.75. The van der Waals surface area contributed by atoms with Crippen molar-refractivity contribution in [2.45, 2.75) is 0 Å². The van der Waals surface area contributed by atoms with Crippen LogP contribution >= 0.6 is 0 Å². The molecule has 27 heavy (non-hydrogen) atoms. The van der Waals surface area contributed by atoms with Crippen molar-refractivity contribution in [1.29, 1.82) is 0 Å². The number of hydrogen-bond acceptors (Lipinski definition) is 4. The number of benzene rings is 2. The highest BCUT2D eigenvalue weighted by Gasteiger charge is 2.12. The molecule has 7 heteroatoms. The lowest BCUT2D eigenvalue weighted by molar-refractivity contribution is 0.0995. The Bertz CT molecular complexity index is 946. The summed E-state index contributed by atoms with van der Waals surface area (Å²) in [5.41, 5.74) is 6.50. The van der Waals surface area contributed by atoms with Gasteiger partial charge in [0.05, 0.1) is 6.20 Å².